The van der Waals surface area contributed by atoms with E-state index in [1.54, 1.807) is 19.2 Å². The van der Waals surface area contributed by atoms with Crippen molar-refractivity contribution in [3.8, 4) is 17.3 Å². The molecule has 3 aromatic rings. The van der Waals surface area contributed by atoms with Gasteiger partial charge < -0.3 is 19.3 Å². The molecule has 1 atom stereocenters. The first-order valence-corrected chi connectivity index (χ1v) is 11.8. The van der Waals surface area contributed by atoms with Crippen molar-refractivity contribution in [1.29, 1.82) is 0 Å². The van der Waals surface area contributed by atoms with Crippen molar-refractivity contribution in [2.75, 3.05) is 33.4 Å². The molecule has 1 N–H and O–H groups in total. The van der Waals surface area contributed by atoms with Gasteiger partial charge in [-0.3, -0.25) is 4.90 Å². The molecular formula is C26H34ClN3O4. The number of aliphatic hydroxyl groups is 1. The molecule has 8 heteroatoms. The average molecular weight is 488 g/mol. The first-order valence-electron chi connectivity index (χ1n) is 11.5. The molecule has 0 spiro atoms. The zero-order valence-electron chi connectivity index (χ0n) is 20.3. The first-order chi connectivity index (χ1) is 16.4. The molecule has 7 nitrogen and oxygen atoms in total. The molecule has 0 unspecified atom stereocenters. The second-order valence-electron chi connectivity index (χ2n) is 8.44. The molecule has 184 valence electrons. The van der Waals surface area contributed by atoms with Crippen LogP contribution in [0, 0.1) is 6.92 Å². The fraction of sp³-hybridized carbons (Fsp3) is 0.423. The number of hydrogen-bond acceptors (Lipinski definition) is 6. The summed E-state index contributed by atoms with van der Waals surface area (Å²) in [5.41, 5.74) is 2.68. The van der Waals surface area contributed by atoms with Crippen LogP contribution in [-0.4, -0.2) is 65.4 Å². The van der Waals surface area contributed by atoms with Gasteiger partial charge >= 0.3 is 0 Å². The third-order valence-electron chi connectivity index (χ3n) is 5.25. The van der Waals surface area contributed by atoms with Crippen molar-refractivity contribution in [2.24, 2.45) is 0 Å². The second kappa shape index (κ2) is 12.9. The van der Waals surface area contributed by atoms with Gasteiger partial charge in [-0.15, -0.1) is 0 Å². The number of ether oxygens (including phenoxy) is 3. The van der Waals surface area contributed by atoms with E-state index in [4.69, 9.17) is 30.9 Å². The molecule has 0 amide bonds. The second-order valence-corrected chi connectivity index (χ2v) is 8.87. The smallest absolute Gasteiger partial charge is 0.227 e. The van der Waals surface area contributed by atoms with E-state index in [0.717, 1.165) is 16.9 Å². The Kier molecular flexibility index (Phi) is 9.92. The standard InChI is InChI=1S/C26H34ClN3O4/c1-19(2)33-18-23(31)16-29(14-15-32-4)17-25-20(3)28-30(22-8-6-5-7-9-22)26(25)34-24-12-10-21(27)11-13-24/h5-13,19,23,31H,14-18H2,1-4H3/t23-/m0/s1. The molecule has 0 fully saturated rings. The molecular weight excluding hydrogens is 454 g/mol. The first kappa shape index (κ1) is 26.2. The number of halogens is 1. The van der Waals surface area contributed by atoms with Gasteiger partial charge in [-0.1, -0.05) is 29.8 Å². The highest BCUT2D eigenvalue weighted by Gasteiger charge is 2.23. The number of benzene rings is 2. The van der Waals surface area contributed by atoms with E-state index >= 15 is 0 Å². The lowest BCUT2D eigenvalue weighted by Crippen LogP contribution is -2.37. The molecule has 1 heterocycles. The topological polar surface area (TPSA) is 69.0 Å². The van der Waals surface area contributed by atoms with Crippen LogP contribution in [0.3, 0.4) is 0 Å². The summed E-state index contributed by atoms with van der Waals surface area (Å²) < 4.78 is 19.1. The van der Waals surface area contributed by atoms with Crippen molar-refractivity contribution in [3.05, 3.63) is 70.9 Å². The Labute approximate surface area is 206 Å². The van der Waals surface area contributed by atoms with Gasteiger partial charge in [-0.25, -0.2) is 4.68 Å². The van der Waals surface area contributed by atoms with Gasteiger partial charge in [0, 0.05) is 31.8 Å². The molecule has 3 rings (SSSR count). The van der Waals surface area contributed by atoms with E-state index in [1.165, 1.54) is 0 Å². The summed E-state index contributed by atoms with van der Waals surface area (Å²) in [4.78, 5) is 2.13. The Morgan fingerprint density at radius 1 is 1.09 bits per heavy atom. The maximum atomic E-state index is 10.6. The third-order valence-corrected chi connectivity index (χ3v) is 5.50. The zero-order chi connectivity index (χ0) is 24.5. The van der Waals surface area contributed by atoms with Crippen LogP contribution in [0.4, 0.5) is 0 Å². The van der Waals surface area contributed by atoms with Crippen molar-refractivity contribution < 1.29 is 19.3 Å². The van der Waals surface area contributed by atoms with E-state index < -0.39 is 6.10 Å². The van der Waals surface area contributed by atoms with Gasteiger partial charge in [-0.2, -0.15) is 5.10 Å². The van der Waals surface area contributed by atoms with Crippen LogP contribution in [0.15, 0.2) is 54.6 Å². The molecule has 0 aliphatic heterocycles. The molecule has 0 saturated carbocycles. The number of methoxy groups -OCH3 is 1. The number of aromatic nitrogens is 2. The largest absolute Gasteiger partial charge is 0.439 e. The molecule has 1 aromatic heterocycles. The predicted molar refractivity (Wildman–Crippen MR) is 134 cm³/mol. The predicted octanol–water partition coefficient (Wildman–Crippen LogP) is 4.86. The van der Waals surface area contributed by atoms with E-state index in [2.05, 4.69) is 4.90 Å². The number of aryl methyl sites for hydroxylation is 1. The van der Waals surface area contributed by atoms with Gasteiger partial charge in [0.1, 0.15) is 5.75 Å². The summed E-state index contributed by atoms with van der Waals surface area (Å²) in [7, 11) is 1.67. The Balaban J connectivity index is 1.92. The third kappa shape index (κ3) is 7.55. The minimum absolute atomic E-state index is 0.0628. The van der Waals surface area contributed by atoms with E-state index in [0.29, 0.717) is 42.9 Å². The number of para-hydroxylation sites is 1. The lowest BCUT2D eigenvalue weighted by molar-refractivity contribution is -0.0122. The van der Waals surface area contributed by atoms with Gasteiger partial charge in [-0.05, 0) is 57.2 Å². The van der Waals surface area contributed by atoms with E-state index in [1.807, 2.05) is 67.9 Å². The lowest BCUT2D eigenvalue weighted by Gasteiger charge is -2.25. The normalized spacial score (nSPS) is 12.5. The number of aliphatic hydroxyl groups excluding tert-OH is 1. The Bertz CT molecular complexity index is 1010. The van der Waals surface area contributed by atoms with Crippen LogP contribution in [0.1, 0.15) is 25.1 Å². The summed E-state index contributed by atoms with van der Waals surface area (Å²) in [6.45, 7) is 8.31. The Morgan fingerprint density at radius 3 is 2.44 bits per heavy atom. The molecule has 0 aliphatic carbocycles. The van der Waals surface area contributed by atoms with Crippen LogP contribution < -0.4 is 4.74 Å². The summed E-state index contributed by atoms with van der Waals surface area (Å²) in [6, 6.07) is 17.1. The summed E-state index contributed by atoms with van der Waals surface area (Å²) in [5.74, 6) is 1.29. The minimum Gasteiger partial charge on any atom is -0.439 e. The average Bonchev–Trinajstić information content (AvgIpc) is 3.13. The highest BCUT2D eigenvalue weighted by molar-refractivity contribution is 6.30. The van der Waals surface area contributed by atoms with Gasteiger partial charge in [0.15, 0.2) is 0 Å². The highest BCUT2D eigenvalue weighted by Crippen LogP contribution is 2.32. The molecule has 0 radical (unpaired) electrons. The van der Waals surface area contributed by atoms with Crippen LogP contribution in [0.25, 0.3) is 5.69 Å². The van der Waals surface area contributed by atoms with Crippen molar-refractivity contribution in [2.45, 2.75) is 39.5 Å². The summed E-state index contributed by atoms with van der Waals surface area (Å²) >= 11 is 6.06. The Morgan fingerprint density at radius 2 is 1.79 bits per heavy atom. The molecule has 34 heavy (non-hydrogen) atoms. The number of nitrogens with zero attached hydrogens (tertiary/aromatic N) is 3. The minimum atomic E-state index is -0.621. The highest BCUT2D eigenvalue weighted by atomic mass is 35.5. The van der Waals surface area contributed by atoms with Gasteiger partial charge in [0.05, 0.1) is 42.4 Å². The van der Waals surface area contributed by atoms with Crippen LogP contribution >= 0.6 is 11.6 Å². The SMILES string of the molecule is COCCN(Cc1c(C)nn(-c2ccccc2)c1Oc1ccc(Cl)cc1)C[C@H](O)COC(C)C. The number of rotatable bonds is 13. The van der Waals surface area contributed by atoms with Crippen molar-refractivity contribution in [1.82, 2.24) is 14.7 Å². The van der Waals surface area contributed by atoms with Crippen LogP contribution in [0.2, 0.25) is 5.02 Å². The fourth-order valence-electron chi connectivity index (χ4n) is 3.52. The van der Waals surface area contributed by atoms with Crippen LogP contribution in [-0.2, 0) is 16.0 Å². The lowest BCUT2D eigenvalue weighted by atomic mass is 10.2. The summed E-state index contributed by atoms with van der Waals surface area (Å²) in [6.07, 6.45) is -0.558. The molecule has 0 aliphatic rings. The van der Waals surface area contributed by atoms with E-state index in [-0.39, 0.29) is 12.7 Å². The molecule has 2 aromatic carbocycles. The van der Waals surface area contributed by atoms with Gasteiger partial charge in [0.25, 0.3) is 0 Å². The molecule has 0 bridgehead atoms. The fourth-order valence-corrected chi connectivity index (χ4v) is 3.64. The Hall–Kier alpha value is -2.42. The van der Waals surface area contributed by atoms with Gasteiger partial charge in [0.2, 0.25) is 5.88 Å². The quantitative estimate of drug-likeness (QED) is 0.371. The monoisotopic (exact) mass is 487 g/mol. The number of hydrogen-bond donors (Lipinski definition) is 1. The summed E-state index contributed by atoms with van der Waals surface area (Å²) in [5, 5.41) is 16.0. The van der Waals surface area contributed by atoms with Crippen LogP contribution in [0.5, 0.6) is 11.6 Å². The van der Waals surface area contributed by atoms with Crippen molar-refractivity contribution >= 4 is 11.6 Å². The maximum absolute atomic E-state index is 10.6. The van der Waals surface area contributed by atoms with E-state index in [9.17, 15) is 5.11 Å². The molecule has 0 saturated heterocycles. The maximum Gasteiger partial charge on any atom is 0.227 e. The zero-order valence-corrected chi connectivity index (χ0v) is 21.0. The van der Waals surface area contributed by atoms with Crippen molar-refractivity contribution in [3.63, 3.8) is 0 Å².